The highest BCUT2D eigenvalue weighted by molar-refractivity contribution is 7.98. The van der Waals surface area contributed by atoms with Crippen LogP contribution in [0.25, 0.3) is 0 Å². The molecule has 142 valence electrons. The minimum atomic E-state index is -0.0147. The highest BCUT2D eigenvalue weighted by Gasteiger charge is 2.25. The maximum Gasteiger partial charge on any atom is 0.238 e. The van der Waals surface area contributed by atoms with Gasteiger partial charge < -0.3 is 10.6 Å². The van der Waals surface area contributed by atoms with Gasteiger partial charge in [-0.2, -0.15) is 0 Å². The van der Waals surface area contributed by atoms with Crippen molar-refractivity contribution in [3.05, 3.63) is 54.6 Å². The second kappa shape index (κ2) is 9.58. The van der Waals surface area contributed by atoms with E-state index in [1.165, 1.54) is 4.90 Å². The fourth-order valence-electron chi connectivity index (χ4n) is 3.20. The lowest BCUT2D eigenvalue weighted by molar-refractivity contribution is -0.121. The maximum absolute atomic E-state index is 12.4. The molecule has 1 aliphatic rings. The van der Waals surface area contributed by atoms with Crippen LogP contribution >= 0.6 is 11.8 Å². The van der Waals surface area contributed by atoms with Gasteiger partial charge in [0.05, 0.1) is 6.54 Å². The fourth-order valence-corrected chi connectivity index (χ4v) is 3.61. The second-order valence-corrected chi connectivity index (χ2v) is 7.56. The van der Waals surface area contributed by atoms with Crippen LogP contribution in [0.5, 0.6) is 0 Å². The van der Waals surface area contributed by atoms with Gasteiger partial charge in [0.25, 0.3) is 0 Å². The van der Waals surface area contributed by atoms with Gasteiger partial charge in [0.1, 0.15) is 0 Å². The Kier molecular flexibility index (Phi) is 6.90. The summed E-state index contributed by atoms with van der Waals surface area (Å²) in [4.78, 5) is 27.9. The fraction of sp³-hybridized carbons (Fsp3) is 0.333. The smallest absolute Gasteiger partial charge is 0.238 e. The van der Waals surface area contributed by atoms with E-state index in [-0.39, 0.29) is 17.7 Å². The summed E-state index contributed by atoms with van der Waals surface area (Å²) < 4.78 is 0. The molecular formula is C21H25N3O2S. The molecule has 0 saturated carbocycles. The van der Waals surface area contributed by atoms with Gasteiger partial charge in [-0.15, -0.1) is 11.8 Å². The van der Waals surface area contributed by atoms with Crippen molar-refractivity contribution in [2.45, 2.75) is 17.7 Å². The van der Waals surface area contributed by atoms with E-state index in [0.717, 1.165) is 37.3 Å². The zero-order valence-corrected chi connectivity index (χ0v) is 16.3. The third-order valence-electron chi connectivity index (χ3n) is 4.74. The number of carbonyl (C=O) groups is 2. The van der Waals surface area contributed by atoms with Crippen LogP contribution in [0, 0.1) is 5.92 Å². The summed E-state index contributed by atoms with van der Waals surface area (Å²) in [6.07, 6.45) is 3.57. The van der Waals surface area contributed by atoms with E-state index < -0.39 is 0 Å². The summed E-state index contributed by atoms with van der Waals surface area (Å²) in [5.41, 5.74) is 1.65. The average molecular weight is 384 g/mol. The van der Waals surface area contributed by atoms with Gasteiger partial charge in [-0.3, -0.25) is 14.5 Å². The zero-order valence-electron chi connectivity index (χ0n) is 15.5. The Labute approximate surface area is 164 Å². The predicted molar refractivity (Wildman–Crippen MR) is 111 cm³/mol. The summed E-state index contributed by atoms with van der Waals surface area (Å²) in [6.45, 7) is 1.87. The highest BCUT2D eigenvalue weighted by atomic mass is 32.2. The normalized spacial score (nSPS) is 15.3. The molecule has 0 radical (unpaired) electrons. The van der Waals surface area contributed by atoms with E-state index in [9.17, 15) is 9.59 Å². The Bertz CT molecular complexity index is 757. The van der Waals surface area contributed by atoms with Gasteiger partial charge in [-0.25, -0.2) is 0 Å². The standard InChI is InChI=1S/C21H25N3O2S/c1-27-19-9-7-18(8-10-19)22-20(25)15-24-13-11-16(12-14-24)21(26)23-17-5-3-2-4-6-17/h2-10,16H,11-15H2,1H3,(H,22,25)(H,23,26). The van der Waals surface area contributed by atoms with E-state index in [2.05, 4.69) is 15.5 Å². The highest BCUT2D eigenvalue weighted by Crippen LogP contribution is 2.20. The van der Waals surface area contributed by atoms with E-state index in [0.29, 0.717) is 6.54 Å². The summed E-state index contributed by atoms with van der Waals surface area (Å²) in [7, 11) is 0. The van der Waals surface area contributed by atoms with Crippen molar-refractivity contribution in [3.63, 3.8) is 0 Å². The van der Waals surface area contributed by atoms with E-state index >= 15 is 0 Å². The number of nitrogens with zero attached hydrogens (tertiary/aromatic N) is 1. The van der Waals surface area contributed by atoms with Crippen LogP contribution in [0.3, 0.4) is 0 Å². The van der Waals surface area contributed by atoms with Crippen molar-refractivity contribution in [2.75, 3.05) is 36.5 Å². The van der Waals surface area contributed by atoms with Crippen molar-refractivity contribution in [1.82, 2.24) is 4.90 Å². The number of nitrogens with one attached hydrogen (secondary N) is 2. The van der Waals surface area contributed by atoms with Crippen LogP contribution in [0.1, 0.15) is 12.8 Å². The van der Waals surface area contributed by atoms with Crippen LogP contribution in [0.4, 0.5) is 11.4 Å². The Morgan fingerprint density at radius 2 is 1.59 bits per heavy atom. The number of hydrogen-bond donors (Lipinski definition) is 2. The number of carbonyl (C=O) groups excluding carboxylic acids is 2. The average Bonchev–Trinajstić information content (AvgIpc) is 2.70. The number of benzene rings is 2. The number of para-hydroxylation sites is 1. The molecule has 1 aliphatic heterocycles. The monoisotopic (exact) mass is 383 g/mol. The second-order valence-electron chi connectivity index (χ2n) is 6.68. The third kappa shape index (κ3) is 5.84. The summed E-state index contributed by atoms with van der Waals surface area (Å²) in [5, 5.41) is 5.91. The molecule has 6 heteroatoms. The minimum absolute atomic E-state index is 0.00334. The van der Waals surface area contributed by atoms with Crippen LogP contribution < -0.4 is 10.6 Å². The van der Waals surface area contributed by atoms with Crippen LogP contribution in [0.15, 0.2) is 59.5 Å². The van der Waals surface area contributed by atoms with Gasteiger partial charge in [-0.05, 0) is 68.6 Å². The molecule has 1 heterocycles. The number of likely N-dealkylation sites (tertiary alicyclic amines) is 1. The van der Waals surface area contributed by atoms with Gasteiger partial charge in [0, 0.05) is 22.2 Å². The first-order valence-electron chi connectivity index (χ1n) is 9.16. The van der Waals surface area contributed by atoms with Gasteiger partial charge >= 0.3 is 0 Å². The van der Waals surface area contributed by atoms with Crippen molar-refractivity contribution >= 4 is 35.0 Å². The molecule has 2 amide bonds. The number of thioether (sulfide) groups is 1. The SMILES string of the molecule is CSc1ccc(NC(=O)CN2CCC(C(=O)Nc3ccccc3)CC2)cc1. The van der Waals surface area contributed by atoms with Crippen molar-refractivity contribution in [3.8, 4) is 0 Å². The molecule has 0 aliphatic carbocycles. The van der Waals surface area contributed by atoms with Gasteiger partial charge in [-0.1, -0.05) is 18.2 Å². The Morgan fingerprint density at radius 1 is 0.963 bits per heavy atom. The number of rotatable bonds is 6. The molecule has 2 aromatic rings. The molecule has 0 aromatic heterocycles. The lowest BCUT2D eigenvalue weighted by Crippen LogP contribution is -2.41. The molecule has 0 spiro atoms. The molecule has 27 heavy (non-hydrogen) atoms. The first-order chi connectivity index (χ1) is 13.1. The molecule has 1 fully saturated rings. The molecule has 2 aromatic carbocycles. The summed E-state index contributed by atoms with van der Waals surface area (Å²) in [6, 6.07) is 17.4. The molecule has 3 rings (SSSR count). The topological polar surface area (TPSA) is 61.4 Å². The van der Waals surface area contributed by atoms with Crippen molar-refractivity contribution in [1.29, 1.82) is 0 Å². The molecule has 5 nitrogen and oxygen atoms in total. The first-order valence-corrected chi connectivity index (χ1v) is 10.4. The molecule has 0 unspecified atom stereocenters. The van der Waals surface area contributed by atoms with Crippen LogP contribution in [0.2, 0.25) is 0 Å². The molecular weight excluding hydrogens is 358 g/mol. The summed E-state index contributed by atoms with van der Waals surface area (Å²) in [5.74, 6) is 0.0573. The first kappa shape index (κ1) is 19.5. The molecule has 0 bridgehead atoms. The number of anilines is 2. The van der Waals surface area contributed by atoms with E-state index in [1.54, 1.807) is 11.8 Å². The van der Waals surface area contributed by atoms with Crippen molar-refractivity contribution < 1.29 is 9.59 Å². The van der Waals surface area contributed by atoms with Crippen LogP contribution in [-0.4, -0.2) is 42.6 Å². The predicted octanol–water partition coefficient (Wildman–Crippen LogP) is 3.70. The number of amides is 2. The lowest BCUT2D eigenvalue weighted by Gasteiger charge is -2.30. The molecule has 0 atom stereocenters. The largest absolute Gasteiger partial charge is 0.326 e. The molecule has 2 N–H and O–H groups in total. The van der Waals surface area contributed by atoms with Gasteiger partial charge in [0.15, 0.2) is 0 Å². The Morgan fingerprint density at radius 3 is 2.22 bits per heavy atom. The van der Waals surface area contributed by atoms with E-state index in [4.69, 9.17) is 0 Å². The summed E-state index contributed by atoms with van der Waals surface area (Å²) >= 11 is 1.67. The van der Waals surface area contributed by atoms with E-state index in [1.807, 2.05) is 60.9 Å². The minimum Gasteiger partial charge on any atom is -0.326 e. The zero-order chi connectivity index (χ0) is 19.1. The van der Waals surface area contributed by atoms with Crippen molar-refractivity contribution in [2.24, 2.45) is 5.92 Å². The molecule has 1 saturated heterocycles. The quantitative estimate of drug-likeness (QED) is 0.747. The van der Waals surface area contributed by atoms with Crippen LogP contribution in [-0.2, 0) is 9.59 Å². The van der Waals surface area contributed by atoms with Gasteiger partial charge in [0.2, 0.25) is 11.8 Å². The lowest BCUT2D eigenvalue weighted by atomic mass is 9.96. The third-order valence-corrected chi connectivity index (χ3v) is 5.48. The Balaban J connectivity index is 1.42. The maximum atomic E-state index is 12.4. The Hall–Kier alpha value is -2.31. The number of hydrogen-bond acceptors (Lipinski definition) is 4. The number of piperidine rings is 1.